The number of piperidine rings is 1. The fourth-order valence-corrected chi connectivity index (χ4v) is 7.05. The maximum absolute atomic E-state index is 15.4. The van der Waals surface area contributed by atoms with Crippen LogP contribution < -0.4 is 5.32 Å². The number of aliphatic carboxylic acids is 1. The zero-order valence-electron chi connectivity index (χ0n) is 24.9. The first-order chi connectivity index (χ1) is 21.2. The van der Waals surface area contributed by atoms with Crippen molar-refractivity contribution in [2.75, 3.05) is 6.54 Å². The lowest BCUT2D eigenvalue weighted by Gasteiger charge is -2.31. The van der Waals surface area contributed by atoms with Gasteiger partial charge in [0.15, 0.2) is 11.6 Å². The van der Waals surface area contributed by atoms with E-state index in [-0.39, 0.29) is 40.7 Å². The molecule has 4 aromatic rings. The Morgan fingerprint density at radius 3 is 2.40 bits per heavy atom. The first-order valence-electron chi connectivity index (χ1n) is 14.4. The number of halogens is 4. The van der Waals surface area contributed by atoms with E-state index >= 15 is 8.78 Å². The molecule has 234 valence electrons. The van der Waals surface area contributed by atoms with E-state index in [4.69, 9.17) is 0 Å². The van der Waals surface area contributed by atoms with Crippen LogP contribution >= 0.6 is 0 Å². The summed E-state index contributed by atoms with van der Waals surface area (Å²) < 4.78 is 59.6. The Bertz CT molecular complexity index is 1880. The number of aryl methyl sites for hydroxylation is 2. The SMILES string of the molecule is Cc1cc(F)cc(C)c1-c1cc(F)c(F)c([C@H](CC(=O)O)NC(=O)[C@@H]2C3C(CN2C(=O)c2cn4ccc(F)cc4n2)C3(C)C)c1. The number of pyridine rings is 1. The number of carboxylic acid groups (broad SMARTS) is 1. The Morgan fingerprint density at radius 2 is 1.73 bits per heavy atom. The highest BCUT2D eigenvalue weighted by atomic mass is 19.2. The molecule has 6 rings (SSSR count). The zero-order chi connectivity index (χ0) is 32.5. The molecule has 1 saturated carbocycles. The van der Waals surface area contributed by atoms with E-state index in [1.165, 1.54) is 52.0 Å². The first kappa shape index (κ1) is 30.3. The monoisotopic (exact) mass is 622 g/mol. The third-order valence-electron chi connectivity index (χ3n) is 9.29. The molecule has 1 saturated heterocycles. The normalized spacial score (nSPS) is 20.6. The number of hydrogen-bond donors (Lipinski definition) is 2. The molecule has 2 aromatic heterocycles. The predicted octanol–water partition coefficient (Wildman–Crippen LogP) is 5.60. The number of benzene rings is 2. The van der Waals surface area contributed by atoms with Crippen LogP contribution in [-0.2, 0) is 9.59 Å². The maximum Gasteiger partial charge on any atom is 0.305 e. The van der Waals surface area contributed by atoms with Crippen LogP contribution in [-0.4, -0.2) is 49.8 Å². The van der Waals surface area contributed by atoms with E-state index < -0.39 is 65.1 Å². The number of carbonyl (C=O) groups is 3. The molecule has 4 atom stereocenters. The van der Waals surface area contributed by atoms with Gasteiger partial charge in [0.2, 0.25) is 5.91 Å². The fourth-order valence-electron chi connectivity index (χ4n) is 7.05. The van der Waals surface area contributed by atoms with E-state index in [0.717, 1.165) is 6.07 Å². The second-order valence-electron chi connectivity index (χ2n) is 12.5. The van der Waals surface area contributed by atoms with Gasteiger partial charge >= 0.3 is 5.97 Å². The Labute approximate surface area is 255 Å². The summed E-state index contributed by atoms with van der Waals surface area (Å²) in [6, 6.07) is 4.54. The van der Waals surface area contributed by atoms with Crippen molar-refractivity contribution in [3.8, 4) is 11.1 Å². The van der Waals surface area contributed by atoms with Gasteiger partial charge in [-0.15, -0.1) is 0 Å². The molecule has 45 heavy (non-hydrogen) atoms. The number of rotatable bonds is 7. The standard InChI is InChI=1S/C33H30F4N4O4/c1-15-7-19(35)8-16(2)27(15)17-9-20(29(37)22(36)10-17)23(12-26(42)43)39-31(44)30-28-21(33(28,3)4)13-41(30)32(45)24-14-40-6-5-18(34)11-25(40)38-24/h5-11,14,21,23,28,30H,12-13H2,1-4H3,(H,39,44)(H,42,43)/t21?,23-,28?,30-/m0/s1. The molecule has 2 fully saturated rings. The van der Waals surface area contributed by atoms with Gasteiger partial charge in [-0.3, -0.25) is 14.4 Å². The number of carbonyl (C=O) groups excluding carboxylic acids is 2. The van der Waals surface area contributed by atoms with Gasteiger partial charge in [-0.25, -0.2) is 22.5 Å². The number of carboxylic acids is 1. The molecule has 2 unspecified atom stereocenters. The van der Waals surface area contributed by atoms with Crippen molar-refractivity contribution >= 4 is 23.4 Å². The van der Waals surface area contributed by atoms with Gasteiger partial charge in [-0.05, 0) is 83.7 Å². The van der Waals surface area contributed by atoms with Crippen LogP contribution in [0, 0.1) is 54.4 Å². The molecule has 2 aliphatic rings. The quantitative estimate of drug-likeness (QED) is 0.261. The Morgan fingerprint density at radius 1 is 1.04 bits per heavy atom. The summed E-state index contributed by atoms with van der Waals surface area (Å²) in [6.07, 6.45) is 2.07. The summed E-state index contributed by atoms with van der Waals surface area (Å²) in [7, 11) is 0. The minimum Gasteiger partial charge on any atom is -0.481 e. The minimum atomic E-state index is -1.50. The van der Waals surface area contributed by atoms with Gasteiger partial charge in [0.1, 0.15) is 29.0 Å². The predicted molar refractivity (Wildman–Crippen MR) is 155 cm³/mol. The minimum absolute atomic E-state index is 0.00885. The molecule has 2 aromatic carbocycles. The van der Waals surface area contributed by atoms with Gasteiger partial charge in [-0.2, -0.15) is 0 Å². The third kappa shape index (κ3) is 5.21. The average molecular weight is 623 g/mol. The molecular weight excluding hydrogens is 592 g/mol. The van der Waals surface area contributed by atoms with Gasteiger partial charge in [0, 0.05) is 30.6 Å². The van der Waals surface area contributed by atoms with Crippen LogP contribution in [0.3, 0.4) is 0 Å². The van der Waals surface area contributed by atoms with E-state index in [9.17, 15) is 28.3 Å². The third-order valence-corrected chi connectivity index (χ3v) is 9.29. The van der Waals surface area contributed by atoms with Crippen LogP contribution in [0.15, 0.2) is 48.8 Å². The molecule has 2 N–H and O–H groups in total. The molecule has 12 heteroatoms. The largest absolute Gasteiger partial charge is 0.481 e. The van der Waals surface area contributed by atoms with Crippen molar-refractivity contribution in [3.05, 3.63) is 94.4 Å². The van der Waals surface area contributed by atoms with E-state index in [0.29, 0.717) is 16.7 Å². The molecule has 0 spiro atoms. The Hall–Kier alpha value is -4.74. The summed E-state index contributed by atoms with van der Waals surface area (Å²) in [4.78, 5) is 45.1. The number of nitrogens with one attached hydrogen (secondary N) is 1. The van der Waals surface area contributed by atoms with Gasteiger partial charge in [0.25, 0.3) is 5.91 Å². The molecule has 3 heterocycles. The number of likely N-dealkylation sites (tertiary alicyclic amines) is 1. The number of imidazole rings is 1. The first-order valence-corrected chi connectivity index (χ1v) is 14.4. The number of hydrogen-bond acceptors (Lipinski definition) is 4. The summed E-state index contributed by atoms with van der Waals surface area (Å²) in [5.41, 5.74) is 1.04. The van der Waals surface area contributed by atoms with Crippen molar-refractivity contribution in [1.29, 1.82) is 0 Å². The summed E-state index contributed by atoms with van der Waals surface area (Å²) in [6.45, 7) is 7.36. The Balaban J connectivity index is 1.35. The van der Waals surface area contributed by atoms with Crippen molar-refractivity contribution < 1.29 is 37.1 Å². The lowest BCUT2D eigenvalue weighted by molar-refractivity contribution is -0.138. The van der Waals surface area contributed by atoms with Crippen LogP contribution in [0.2, 0.25) is 0 Å². The zero-order valence-corrected chi connectivity index (χ0v) is 24.9. The van der Waals surface area contributed by atoms with Crippen molar-refractivity contribution in [2.24, 2.45) is 17.3 Å². The topological polar surface area (TPSA) is 104 Å². The Kier molecular flexibility index (Phi) is 7.21. The molecule has 8 nitrogen and oxygen atoms in total. The highest BCUT2D eigenvalue weighted by molar-refractivity contribution is 5.98. The van der Waals surface area contributed by atoms with Gasteiger partial charge in [0.05, 0.1) is 12.5 Å². The second-order valence-corrected chi connectivity index (χ2v) is 12.5. The van der Waals surface area contributed by atoms with Crippen LogP contribution in [0.4, 0.5) is 17.6 Å². The summed E-state index contributed by atoms with van der Waals surface area (Å²) in [5, 5.41) is 12.3. The second kappa shape index (κ2) is 10.7. The van der Waals surface area contributed by atoms with Gasteiger partial charge < -0.3 is 19.7 Å². The van der Waals surface area contributed by atoms with E-state index in [1.807, 2.05) is 13.8 Å². The molecule has 0 radical (unpaired) electrons. The molecule has 1 aliphatic carbocycles. The maximum atomic E-state index is 15.4. The van der Waals surface area contributed by atoms with Crippen molar-refractivity contribution in [2.45, 2.75) is 46.2 Å². The molecule has 0 bridgehead atoms. The lowest BCUT2D eigenvalue weighted by Crippen LogP contribution is -2.50. The van der Waals surface area contributed by atoms with Gasteiger partial charge in [-0.1, -0.05) is 13.8 Å². The average Bonchev–Trinajstić information content (AvgIpc) is 3.30. The summed E-state index contributed by atoms with van der Waals surface area (Å²) in [5.74, 6) is -6.61. The number of aromatic nitrogens is 2. The van der Waals surface area contributed by atoms with Crippen LogP contribution in [0.25, 0.3) is 16.8 Å². The molecular formula is C33H30F4N4O4. The van der Waals surface area contributed by atoms with Crippen molar-refractivity contribution in [3.63, 3.8) is 0 Å². The highest BCUT2D eigenvalue weighted by Crippen LogP contribution is 2.65. The number of nitrogens with zero attached hydrogens (tertiary/aromatic N) is 3. The number of fused-ring (bicyclic) bond motifs is 2. The van der Waals surface area contributed by atoms with E-state index in [1.54, 1.807) is 13.8 Å². The molecule has 1 aliphatic heterocycles. The van der Waals surface area contributed by atoms with Crippen LogP contribution in [0.5, 0.6) is 0 Å². The highest BCUT2D eigenvalue weighted by Gasteiger charge is 2.69. The van der Waals surface area contributed by atoms with Crippen molar-refractivity contribution in [1.82, 2.24) is 19.6 Å². The smallest absolute Gasteiger partial charge is 0.305 e. The summed E-state index contributed by atoms with van der Waals surface area (Å²) >= 11 is 0. The molecule has 2 amide bonds. The lowest BCUT2D eigenvalue weighted by atomic mass is 9.91. The number of amides is 2. The van der Waals surface area contributed by atoms with Crippen LogP contribution in [0.1, 0.15) is 53.5 Å². The van der Waals surface area contributed by atoms with E-state index in [2.05, 4.69) is 10.3 Å². The fraction of sp³-hybridized carbons (Fsp3) is 0.333.